The van der Waals surface area contributed by atoms with Crippen LogP contribution in [0, 0.1) is 12.8 Å². The molecule has 7 nitrogen and oxygen atoms in total. The van der Waals surface area contributed by atoms with E-state index in [4.69, 9.17) is 4.74 Å². The monoisotopic (exact) mass is 473 g/mol. The van der Waals surface area contributed by atoms with Crippen molar-refractivity contribution in [2.24, 2.45) is 5.92 Å². The van der Waals surface area contributed by atoms with Crippen LogP contribution >= 0.6 is 0 Å². The zero-order valence-electron chi connectivity index (χ0n) is 21.9. The minimum absolute atomic E-state index is 0.130. The molecule has 0 aliphatic heterocycles. The molecule has 1 aromatic rings. The van der Waals surface area contributed by atoms with E-state index in [9.17, 15) is 14.4 Å². The van der Waals surface area contributed by atoms with Crippen LogP contribution < -0.4 is 10.6 Å². The second kappa shape index (κ2) is 13.8. The minimum atomic E-state index is -0.850. The van der Waals surface area contributed by atoms with Gasteiger partial charge in [0.05, 0.1) is 0 Å². The number of nitrogens with zero attached hydrogens (tertiary/aromatic N) is 1. The van der Waals surface area contributed by atoms with Gasteiger partial charge in [0.25, 0.3) is 0 Å². The number of aryl methyl sites for hydroxylation is 1. The highest BCUT2D eigenvalue weighted by molar-refractivity contribution is 5.92. The predicted molar refractivity (Wildman–Crippen MR) is 136 cm³/mol. The summed E-state index contributed by atoms with van der Waals surface area (Å²) < 4.78 is 5.39. The summed E-state index contributed by atoms with van der Waals surface area (Å²) in [5.74, 6) is -0.475. The molecule has 2 N–H and O–H groups in total. The van der Waals surface area contributed by atoms with Gasteiger partial charge in [-0.3, -0.25) is 9.59 Å². The number of ether oxygens (including phenoxy) is 1. The molecular weight excluding hydrogens is 430 g/mol. The van der Waals surface area contributed by atoms with Crippen LogP contribution in [-0.4, -0.2) is 47.5 Å². The number of carbonyl (C=O) groups excluding carboxylic acids is 3. The molecule has 0 saturated heterocycles. The Hall–Kier alpha value is -2.83. The lowest BCUT2D eigenvalue weighted by molar-refractivity contribution is -0.142. The number of unbranched alkanes of at least 4 members (excludes halogenated alkanes) is 1. The molecule has 1 rings (SSSR count). The Morgan fingerprint density at radius 1 is 1.21 bits per heavy atom. The van der Waals surface area contributed by atoms with Crippen LogP contribution in [0.4, 0.5) is 4.79 Å². The summed E-state index contributed by atoms with van der Waals surface area (Å²) in [5, 5.41) is 5.70. The number of rotatable bonds is 12. The van der Waals surface area contributed by atoms with E-state index in [2.05, 4.69) is 24.1 Å². The fraction of sp³-hybridized carbons (Fsp3) is 0.593. The maximum atomic E-state index is 13.8. The number of benzene rings is 1. The molecule has 0 bridgehead atoms. The molecule has 0 radical (unpaired) electrons. The van der Waals surface area contributed by atoms with E-state index in [0.29, 0.717) is 18.5 Å². The van der Waals surface area contributed by atoms with Crippen molar-refractivity contribution in [3.05, 3.63) is 48.0 Å². The molecule has 190 valence electrons. The molecule has 2 atom stereocenters. The summed E-state index contributed by atoms with van der Waals surface area (Å²) >= 11 is 0. The Kier molecular flexibility index (Phi) is 11.8. The van der Waals surface area contributed by atoms with Crippen molar-refractivity contribution in [2.45, 2.75) is 85.4 Å². The normalized spacial score (nSPS) is 13.1. The second-order valence-electron chi connectivity index (χ2n) is 10.1. The first-order valence-electron chi connectivity index (χ1n) is 12.1. The number of carbonyl (C=O) groups is 3. The average molecular weight is 474 g/mol. The van der Waals surface area contributed by atoms with Crippen LogP contribution in [0.15, 0.2) is 36.9 Å². The lowest BCUT2D eigenvalue weighted by Crippen LogP contribution is -2.53. The Morgan fingerprint density at radius 3 is 2.41 bits per heavy atom. The van der Waals surface area contributed by atoms with Crippen LogP contribution in [0.5, 0.6) is 0 Å². The van der Waals surface area contributed by atoms with Crippen molar-refractivity contribution in [1.82, 2.24) is 15.5 Å². The summed E-state index contributed by atoms with van der Waals surface area (Å²) in [5.41, 5.74) is 1.00. The summed E-state index contributed by atoms with van der Waals surface area (Å²) in [4.78, 5) is 41.2. The van der Waals surface area contributed by atoms with E-state index in [1.54, 1.807) is 26.8 Å². The second-order valence-corrected chi connectivity index (χ2v) is 10.1. The standard InChI is InChI=1S/C27H43N3O4/c1-9-11-15-28-24(31)23(21-14-12-13-20(5)18-21)30(16-10-2)25(32)22(17-19(3)4)29-26(33)34-27(6,7)8/h10,12-14,18-19,22-23H,2,9,11,15-17H2,1,3-8H3,(H,28,31)(H,29,33). The number of nitrogens with one attached hydrogen (secondary N) is 2. The molecule has 2 unspecified atom stereocenters. The first-order chi connectivity index (χ1) is 15.9. The zero-order valence-corrected chi connectivity index (χ0v) is 21.9. The van der Waals surface area contributed by atoms with Gasteiger partial charge in [0, 0.05) is 13.1 Å². The number of hydrogen-bond acceptors (Lipinski definition) is 4. The van der Waals surface area contributed by atoms with Crippen molar-refractivity contribution in [1.29, 1.82) is 0 Å². The topological polar surface area (TPSA) is 87.7 Å². The van der Waals surface area contributed by atoms with Crippen molar-refractivity contribution >= 4 is 17.9 Å². The van der Waals surface area contributed by atoms with Gasteiger partial charge in [-0.05, 0) is 52.0 Å². The van der Waals surface area contributed by atoms with E-state index >= 15 is 0 Å². The minimum Gasteiger partial charge on any atom is -0.444 e. The molecule has 3 amide bonds. The lowest BCUT2D eigenvalue weighted by Gasteiger charge is -2.34. The van der Waals surface area contributed by atoms with Crippen LogP contribution in [0.2, 0.25) is 0 Å². The van der Waals surface area contributed by atoms with E-state index < -0.39 is 23.8 Å². The Labute approximate surface area is 205 Å². The third-order valence-electron chi connectivity index (χ3n) is 5.05. The number of hydrogen-bond donors (Lipinski definition) is 2. The maximum Gasteiger partial charge on any atom is 0.408 e. The van der Waals surface area contributed by atoms with Gasteiger partial charge < -0.3 is 20.3 Å². The molecule has 0 aliphatic rings. The largest absolute Gasteiger partial charge is 0.444 e. The molecule has 0 spiro atoms. The third-order valence-corrected chi connectivity index (χ3v) is 5.05. The number of alkyl carbamates (subject to hydrolysis) is 1. The van der Waals surface area contributed by atoms with Gasteiger partial charge in [-0.2, -0.15) is 0 Å². The van der Waals surface area contributed by atoms with Gasteiger partial charge in [0.1, 0.15) is 17.7 Å². The van der Waals surface area contributed by atoms with Crippen LogP contribution in [0.3, 0.4) is 0 Å². The van der Waals surface area contributed by atoms with E-state index in [1.807, 2.05) is 45.0 Å². The molecular formula is C27H43N3O4. The first-order valence-corrected chi connectivity index (χ1v) is 12.1. The predicted octanol–water partition coefficient (Wildman–Crippen LogP) is 4.91. The number of amides is 3. The molecule has 0 aromatic heterocycles. The summed E-state index contributed by atoms with van der Waals surface area (Å²) in [6, 6.07) is 5.88. The van der Waals surface area contributed by atoms with Crippen molar-refractivity contribution < 1.29 is 19.1 Å². The molecule has 7 heteroatoms. The van der Waals surface area contributed by atoms with Crippen LogP contribution in [0.25, 0.3) is 0 Å². The van der Waals surface area contributed by atoms with Gasteiger partial charge in [-0.15, -0.1) is 6.58 Å². The molecule has 0 saturated carbocycles. The highest BCUT2D eigenvalue weighted by Gasteiger charge is 2.36. The molecule has 0 aliphatic carbocycles. The maximum absolute atomic E-state index is 13.8. The average Bonchev–Trinajstić information content (AvgIpc) is 2.71. The summed E-state index contributed by atoms with van der Waals surface area (Å²) in [6.07, 6.45) is 3.13. The smallest absolute Gasteiger partial charge is 0.408 e. The molecule has 0 heterocycles. The van der Waals surface area contributed by atoms with Gasteiger partial charge in [-0.1, -0.05) is 63.1 Å². The van der Waals surface area contributed by atoms with E-state index in [-0.39, 0.29) is 24.3 Å². The molecule has 0 fully saturated rings. The fourth-order valence-electron chi connectivity index (χ4n) is 3.60. The van der Waals surface area contributed by atoms with Crippen molar-refractivity contribution in [3.63, 3.8) is 0 Å². The van der Waals surface area contributed by atoms with Crippen molar-refractivity contribution in [2.75, 3.05) is 13.1 Å². The zero-order chi connectivity index (χ0) is 25.9. The first kappa shape index (κ1) is 29.2. The quantitative estimate of drug-likeness (QED) is 0.334. The fourth-order valence-corrected chi connectivity index (χ4v) is 3.60. The highest BCUT2D eigenvalue weighted by Crippen LogP contribution is 2.25. The summed E-state index contributed by atoms with van der Waals surface area (Å²) in [6.45, 7) is 17.7. The SMILES string of the molecule is C=CCN(C(=O)C(CC(C)C)NC(=O)OC(C)(C)C)C(C(=O)NCCCC)c1cccc(C)c1. The Morgan fingerprint density at radius 2 is 1.88 bits per heavy atom. The van der Waals surface area contributed by atoms with E-state index in [1.165, 1.54) is 4.90 Å². The van der Waals surface area contributed by atoms with Crippen molar-refractivity contribution in [3.8, 4) is 0 Å². The molecule has 1 aromatic carbocycles. The van der Waals surface area contributed by atoms with Gasteiger partial charge in [0.2, 0.25) is 11.8 Å². The van der Waals surface area contributed by atoms with E-state index in [0.717, 1.165) is 18.4 Å². The third kappa shape index (κ3) is 9.98. The van der Waals surface area contributed by atoms with Gasteiger partial charge >= 0.3 is 6.09 Å². The highest BCUT2D eigenvalue weighted by atomic mass is 16.6. The van der Waals surface area contributed by atoms with Crippen LogP contribution in [0.1, 0.15) is 78.0 Å². The van der Waals surface area contributed by atoms with Crippen LogP contribution in [-0.2, 0) is 14.3 Å². The summed E-state index contributed by atoms with van der Waals surface area (Å²) in [7, 11) is 0. The lowest BCUT2D eigenvalue weighted by atomic mass is 9.98. The Balaban J connectivity index is 3.37. The molecule has 34 heavy (non-hydrogen) atoms. The Bertz CT molecular complexity index is 829. The van der Waals surface area contributed by atoms with Gasteiger partial charge in [-0.25, -0.2) is 4.79 Å². The van der Waals surface area contributed by atoms with Gasteiger partial charge in [0.15, 0.2) is 0 Å².